The van der Waals surface area contributed by atoms with Crippen molar-refractivity contribution in [2.45, 2.75) is 13.8 Å². The molecule has 0 unspecified atom stereocenters. The first-order valence-corrected chi connectivity index (χ1v) is 5.11. The van der Waals surface area contributed by atoms with Gasteiger partial charge in [0.1, 0.15) is 5.56 Å². The van der Waals surface area contributed by atoms with Crippen molar-refractivity contribution in [3.63, 3.8) is 0 Å². The van der Waals surface area contributed by atoms with Gasteiger partial charge in [-0.3, -0.25) is 0 Å². The fourth-order valence-electron chi connectivity index (χ4n) is 1.07. The number of nitrogens with two attached hydrogens (primary N) is 1. The molecule has 3 nitrogen and oxygen atoms in total. The number of esters is 1. The van der Waals surface area contributed by atoms with Gasteiger partial charge in [-0.15, -0.1) is 0 Å². The van der Waals surface area contributed by atoms with E-state index in [1.165, 1.54) is 0 Å². The van der Waals surface area contributed by atoms with Crippen LogP contribution in [0.5, 0.6) is 0 Å². The second-order valence-corrected chi connectivity index (χ2v) is 4.10. The lowest BCUT2D eigenvalue weighted by Gasteiger charge is -2.09. The van der Waals surface area contributed by atoms with Gasteiger partial charge in [0.15, 0.2) is 0 Å². The smallest absolute Gasteiger partial charge is 0.341 e. The van der Waals surface area contributed by atoms with Crippen LogP contribution in [0.15, 0.2) is 18.2 Å². The minimum Gasteiger partial charge on any atom is -0.462 e. The monoisotopic (exact) mass is 227 g/mol. The molecular formula is C11H14ClNO2. The zero-order valence-electron chi connectivity index (χ0n) is 8.79. The largest absolute Gasteiger partial charge is 0.462 e. The molecule has 0 radical (unpaired) electrons. The summed E-state index contributed by atoms with van der Waals surface area (Å²) >= 11 is 5.86. The first kappa shape index (κ1) is 11.9. The molecule has 1 aromatic carbocycles. The van der Waals surface area contributed by atoms with Gasteiger partial charge in [0.25, 0.3) is 0 Å². The van der Waals surface area contributed by atoms with E-state index < -0.39 is 5.97 Å². The second-order valence-electron chi connectivity index (χ2n) is 3.70. The number of hydrogen-bond donors (Lipinski definition) is 1. The van der Waals surface area contributed by atoms with Crippen molar-refractivity contribution in [1.29, 1.82) is 0 Å². The Balaban J connectivity index is 2.82. The zero-order chi connectivity index (χ0) is 11.4. The Morgan fingerprint density at radius 3 is 2.73 bits per heavy atom. The topological polar surface area (TPSA) is 52.3 Å². The van der Waals surface area contributed by atoms with Gasteiger partial charge in [-0.05, 0) is 18.1 Å². The second kappa shape index (κ2) is 5.03. The third-order valence-corrected chi connectivity index (χ3v) is 2.11. The highest BCUT2D eigenvalue weighted by atomic mass is 35.5. The molecule has 82 valence electrons. The Morgan fingerprint density at radius 2 is 2.20 bits per heavy atom. The first-order chi connectivity index (χ1) is 7.02. The summed E-state index contributed by atoms with van der Waals surface area (Å²) in [6.45, 7) is 4.29. The summed E-state index contributed by atoms with van der Waals surface area (Å²) in [5, 5.41) is 0.323. The highest BCUT2D eigenvalue weighted by molar-refractivity contribution is 6.34. The third-order valence-electron chi connectivity index (χ3n) is 1.80. The highest BCUT2D eigenvalue weighted by Gasteiger charge is 2.15. The quantitative estimate of drug-likeness (QED) is 0.638. The lowest BCUT2D eigenvalue weighted by atomic mass is 10.2. The van der Waals surface area contributed by atoms with E-state index >= 15 is 0 Å². The highest BCUT2D eigenvalue weighted by Crippen LogP contribution is 2.22. The number of anilines is 1. The van der Waals surface area contributed by atoms with Crippen LogP contribution in [-0.2, 0) is 4.74 Å². The van der Waals surface area contributed by atoms with Crippen LogP contribution in [0, 0.1) is 5.92 Å². The molecule has 0 aromatic heterocycles. The van der Waals surface area contributed by atoms with E-state index in [0.717, 1.165) is 0 Å². The summed E-state index contributed by atoms with van der Waals surface area (Å²) in [7, 11) is 0. The van der Waals surface area contributed by atoms with Gasteiger partial charge in [-0.1, -0.05) is 31.5 Å². The molecule has 0 bridgehead atoms. The Bertz CT molecular complexity index is 343. The molecule has 0 saturated heterocycles. The van der Waals surface area contributed by atoms with Crippen molar-refractivity contribution < 1.29 is 9.53 Å². The molecule has 0 amide bonds. The number of benzene rings is 1. The average Bonchev–Trinajstić information content (AvgIpc) is 2.14. The summed E-state index contributed by atoms with van der Waals surface area (Å²) in [4.78, 5) is 11.6. The standard InChI is InChI=1S/C11H14ClNO2/c1-7(2)6-15-11(14)10-8(12)4-3-5-9(10)13/h3-5,7H,6,13H2,1-2H3. The van der Waals surface area contributed by atoms with Crippen LogP contribution in [0.3, 0.4) is 0 Å². The molecule has 2 N–H and O–H groups in total. The maximum absolute atomic E-state index is 11.6. The van der Waals surface area contributed by atoms with Crippen molar-refractivity contribution >= 4 is 23.3 Å². The number of rotatable bonds is 3. The maximum Gasteiger partial charge on any atom is 0.341 e. The van der Waals surface area contributed by atoms with E-state index in [2.05, 4.69) is 0 Å². The minimum atomic E-state index is -0.466. The van der Waals surface area contributed by atoms with E-state index in [9.17, 15) is 4.79 Å². The van der Waals surface area contributed by atoms with Gasteiger partial charge < -0.3 is 10.5 Å². The molecular weight excluding hydrogens is 214 g/mol. The number of hydrogen-bond acceptors (Lipinski definition) is 3. The van der Waals surface area contributed by atoms with Crippen LogP contribution in [0.25, 0.3) is 0 Å². The predicted octanol–water partition coefficient (Wildman–Crippen LogP) is 2.74. The van der Waals surface area contributed by atoms with Gasteiger partial charge in [0.2, 0.25) is 0 Å². The molecule has 0 fully saturated rings. The molecule has 1 rings (SSSR count). The molecule has 15 heavy (non-hydrogen) atoms. The van der Waals surface area contributed by atoms with Gasteiger partial charge in [0, 0.05) is 5.69 Å². The normalized spacial score (nSPS) is 10.4. The average molecular weight is 228 g/mol. The number of carbonyl (C=O) groups excluding carboxylic acids is 1. The molecule has 0 heterocycles. The van der Waals surface area contributed by atoms with Crippen LogP contribution >= 0.6 is 11.6 Å². The van der Waals surface area contributed by atoms with E-state index in [1.807, 2.05) is 13.8 Å². The number of nitrogen functional groups attached to an aromatic ring is 1. The van der Waals surface area contributed by atoms with Crippen molar-refractivity contribution in [1.82, 2.24) is 0 Å². The molecule has 0 aliphatic carbocycles. The summed E-state index contributed by atoms with van der Waals surface area (Å²) < 4.78 is 5.05. The summed E-state index contributed by atoms with van der Waals surface area (Å²) in [5.74, 6) is -0.176. The van der Waals surface area contributed by atoms with E-state index in [4.69, 9.17) is 22.1 Å². The van der Waals surface area contributed by atoms with Crippen molar-refractivity contribution in [3.8, 4) is 0 Å². The Labute approximate surface area is 94.2 Å². The predicted molar refractivity (Wildman–Crippen MR) is 61.0 cm³/mol. The summed E-state index contributed by atoms with van der Waals surface area (Å²) in [6.07, 6.45) is 0. The number of carbonyl (C=O) groups is 1. The van der Waals surface area contributed by atoms with Gasteiger partial charge in [-0.25, -0.2) is 4.79 Å². The van der Waals surface area contributed by atoms with Crippen LogP contribution < -0.4 is 5.73 Å². The van der Waals surface area contributed by atoms with E-state index in [0.29, 0.717) is 17.3 Å². The zero-order valence-corrected chi connectivity index (χ0v) is 9.54. The van der Waals surface area contributed by atoms with Crippen LogP contribution in [0.2, 0.25) is 5.02 Å². The van der Waals surface area contributed by atoms with Gasteiger partial charge >= 0.3 is 5.97 Å². The van der Waals surface area contributed by atoms with Gasteiger partial charge in [-0.2, -0.15) is 0 Å². The fourth-order valence-corrected chi connectivity index (χ4v) is 1.33. The molecule has 0 spiro atoms. The first-order valence-electron chi connectivity index (χ1n) is 4.73. The molecule has 4 heteroatoms. The summed E-state index contributed by atoms with van der Waals surface area (Å²) in [6, 6.07) is 4.93. The number of halogens is 1. The molecule has 0 aliphatic rings. The maximum atomic E-state index is 11.6. The van der Waals surface area contributed by atoms with Crippen LogP contribution in [0.4, 0.5) is 5.69 Å². The lowest BCUT2D eigenvalue weighted by molar-refractivity contribution is 0.0460. The van der Waals surface area contributed by atoms with E-state index in [-0.39, 0.29) is 11.5 Å². The fraction of sp³-hybridized carbons (Fsp3) is 0.364. The van der Waals surface area contributed by atoms with Crippen molar-refractivity contribution in [3.05, 3.63) is 28.8 Å². The number of ether oxygens (including phenoxy) is 1. The van der Waals surface area contributed by atoms with Gasteiger partial charge in [0.05, 0.1) is 11.6 Å². The van der Waals surface area contributed by atoms with E-state index in [1.54, 1.807) is 18.2 Å². The molecule has 0 atom stereocenters. The minimum absolute atomic E-state index is 0.250. The molecule has 1 aromatic rings. The van der Waals surface area contributed by atoms with Crippen molar-refractivity contribution in [2.75, 3.05) is 12.3 Å². The van der Waals surface area contributed by atoms with Crippen LogP contribution in [-0.4, -0.2) is 12.6 Å². The summed E-state index contributed by atoms with van der Waals surface area (Å²) in [5.41, 5.74) is 6.24. The Kier molecular flexibility index (Phi) is 3.97. The van der Waals surface area contributed by atoms with Crippen LogP contribution in [0.1, 0.15) is 24.2 Å². The Hall–Kier alpha value is -1.22. The molecule has 0 aliphatic heterocycles. The SMILES string of the molecule is CC(C)COC(=O)c1c(N)cccc1Cl. The lowest BCUT2D eigenvalue weighted by Crippen LogP contribution is -2.12. The van der Waals surface area contributed by atoms with Crippen molar-refractivity contribution in [2.24, 2.45) is 5.92 Å². The Morgan fingerprint density at radius 1 is 1.53 bits per heavy atom. The third kappa shape index (κ3) is 3.13. The molecule has 0 saturated carbocycles.